The topological polar surface area (TPSA) is 77.8 Å². The maximum absolute atomic E-state index is 13.0. The molecule has 1 aliphatic heterocycles. The van der Waals surface area contributed by atoms with Crippen LogP contribution in [-0.2, 0) is 10.2 Å². The number of aromatic nitrogens is 3. The van der Waals surface area contributed by atoms with Crippen molar-refractivity contribution in [2.24, 2.45) is 0 Å². The summed E-state index contributed by atoms with van der Waals surface area (Å²) in [5.41, 5.74) is 1.36. The number of carbonyl (C=O) groups is 1. The van der Waals surface area contributed by atoms with E-state index in [0.717, 1.165) is 36.3 Å². The van der Waals surface area contributed by atoms with Crippen LogP contribution in [0.1, 0.15) is 68.2 Å². The lowest BCUT2D eigenvalue weighted by Crippen LogP contribution is -2.26. The number of hydrogen-bond acceptors (Lipinski definition) is 6. The van der Waals surface area contributed by atoms with Gasteiger partial charge in [-0.15, -0.1) is 11.3 Å². The number of pyridine rings is 1. The Morgan fingerprint density at radius 2 is 2.12 bits per heavy atom. The summed E-state index contributed by atoms with van der Waals surface area (Å²) < 4.78 is 39.4. The Kier molecular flexibility index (Phi) is 4.97. The molecule has 0 aromatic carbocycles. The first-order chi connectivity index (χ1) is 15.2. The second-order valence-corrected chi connectivity index (χ2v) is 10.00. The Morgan fingerprint density at radius 1 is 1.31 bits per heavy atom. The van der Waals surface area contributed by atoms with Gasteiger partial charge in [0.1, 0.15) is 17.1 Å². The van der Waals surface area contributed by atoms with E-state index in [1.54, 1.807) is 12.3 Å². The highest BCUT2D eigenvalue weighted by atomic mass is 32.1. The van der Waals surface area contributed by atoms with E-state index in [0.29, 0.717) is 18.0 Å². The summed E-state index contributed by atoms with van der Waals surface area (Å²) in [6.07, 6.45) is 3.72. The van der Waals surface area contributed by atoms with E-state index in [4.69, 9.17) is 14.5 Å². The van der Waals surface area contributed by atoms with E-state index in [2.05, 4.69) is 17.2 Å². The number of hydrogen-bond donors (Lipinski definition) is 1. The van der Waals surface area contributed by atoms with Gasteiger partial charge in [-0.2, -0.15) is 0 Å². The van der Waals surface area contributed by atoms with Crippen molar-refractivity contribution < 1.29 is 23.0 Å². The van der Waals surface area contributed by atoms with E-state index in [1.165, 1.54) is 5.38 Å². The zero-order valence-corrected chi connectivity index (χ0v) is 18.8. The molecule has 2 fully saturated rings. The van der Waals surface area contributed by atoms with E-state index < -0.39 is 12.3 Å². The summed E-state index contributed by atoms with van der Waals surface area (Å²) >= 11 is 0.955. The van der Waals surface area contributed by atoms with E-state index in [1.807, 2.05) is 24.4 Å². The highest BCUT2D eigenvalue weighted by Gasteiger charge is 2.55. The Morgan fingerprint density at radius 3 is 2.72 bits per heavy atom. The molecule has 1 aliphatic carbocycles. The average Bonchev–Trinajstić information content (AvgIpc) is 3.48. The largest absolute Gasteiger partial charge is 0.490 e. The molecule has 0 spiro atoms. The first-order valence-corrected chi connectivity index (χ1v) is 11.4. The fourth-order valence-electron chi connectivity index (χ4n) is 4.65. The molecule has 2 unspecified atom stereocenters. The van der Waals surface area contributed by atoms with Crippen molar-refractivity contribution in [1.82, 2.24) is 14.4 Å². The van der Waals surface area contributed by atoms with Crippen LogP contribution in [0.3, 0.4) is 0 Å². The normalized spacial score (nSPS) is 24.7. The Hall–Kier alpha value is -2.59. The number of carbonyl (C=O) groups excluding carboxylic acids is 1. The minimum absolute atomic E-state index is 0.0858. The highest BCUT2D eigenvalue weighted by Crippen LogP contribution is 2.53. The first-order valence-electron chi connectivity index (χ1n) is 10.6. The standard InChI is InChI=1S/C22H24F2N4O3S/c1-12(2)31-15-6-17-26-16(22-5-4-21(3,10-22)30-11-22)8-28(17)7-13(15)19(29)27-20-25-14(9-32-20)18(23)24/h6-9,12,18H,4-5,10-11H2,1-3H3,(H,25,27,29). The number of nitrogens with zero attached hydrogens (tertiary/aromatic N) is 3. The number of anilines is 1. The molecule has 2 bridgehead atoms. The van der Waals surface area contributed by atoms with Crippen LogP contribution in [0, 0.1) is 0 Å². The Balaban J connectivity index is 1.50. The fraction of sp³-hybridized carbons (Fsp3) is 0.500. The lowest BCUT2D eigenvalue weighted by molar-refractivity contribution is -0.00627. The maximum Gasteiger partial charge on any atom is 0.281 e. The van der Waals surface area contributed by atoms with Crippen molar-refractivity contribution in [3.63, 3.8) is 0 Å². The number of amides is 1. The average molecular weight is 463 g/mol. The van der Waals surface area contributed by atoms with Gasteiger partial charge in [-0.05, 0) is 40.0 Å². The molecule has 5 rings (SSSR count). The summed E-state index contributed by atoms with van der Waals surface area (Å²) in [7, 11) is 0. The molecule has 1 N–H and O–H groups in total. The molecule has 2 atom stereocenters. The molecule has 3 aromatic heterocycles. The van der Waals surface area contributed by atoms with Gasteiger partial charge < -0.3 is 13.9 Å². The number of rotatable bonds is 6. The highest BCUT2D eigenvalue weighted by molar-refractivity contribution is 7.14. The molecule has 32 heavy (non-hydrogen) atoms. The van der Waals surface area contributed by atoms with Gasteiger partial charge in [0.15, 0.2) is 5.13 Å². The minimum Gasteiger partial charge on any atom is -0.490 e. The van der Waals surface area contributed by atoms with Crippen molar-refractivity contribution >= 4 is 28.0 Å². The summed E-state index contributed by atoms with van der Waals surface area (Å²) in [6.45, 7) is 6.53. The molecule has 7 nitrogen and oxygen atoms in total. The van der Waals surface area contributed by atoms with Gasteiger partial charge >= 0.3 is 0 Å². The molecule has 1 saturated carbocycles. The number of nitrogens with one attached hydrogen (secondary N) is 1. The van der Waals surface area contributed by atoms with Crippen LogP contribution in [-0.4, -0.2) is 38.6 Å². The molecule has 0 radical (unpaired) electrons. The minimum atomic E-state index is -2.69. The summed E-state index contributed by atoms with van der Waals surface area (Å²) in [5.74, 6) is -0.104. The van der Waals surface area contributed by atoms with Crippen LogP contribution in [0.4, 0.5) is 13.9 Å². The van der Waals surface area contributed by atoms with Crippen LogP contribution < -0.4 is 10.1 Å². The van der Waals surface area contributed by atoms with Crippen molar-refractivity contribution in [3.8, 4) is 5.75 Å². The lowest BCUT2D eigenvalue weighted by atomic mass is 9.84. The Bertz CT molecular complexity index is 1180. The molecular weight excluding hydrogens is 438 g/mol. The fourth-order valence-corrected chi connectivity index (χ4v) is 5.35. The number of ether oxygens (including phenoxy) is 2. The molecular formula is C22H24F2N4O3S. The molecule has 170 valence electrons. The smallest absolute Gasteiger partial charge is 0.281 e. The van der Waals surface area contributed by atoms with Crippen molar-refractivity contribution in [2.75, 3.05) is 11.9 Å². The molecule has 3 aromatic rings. The predicted molar refractivity (Wildman–Crippen MR) is 116 cm³/mol. The summed E-state index contributed by atoms with van der Waals surface area (Å²) in [6, 6.07) is 1.74. The van der Waals surface area contributed by atoms with Crippen LogP contribution in [0.15, 0.2) is 23.8 Å². The second-order valence-electron chi connectivity index (χ2n) is 9.14. The predicted octanol–water partition coefficient (Wildman–Crippen LogP) is 4.98. The number of alkyl halides is 2. The van der Waals surface area contributed by atoms with Gasteiger partial charge in [-0.25, -0.2) is 18.7 Å². The second kappa shape index (κ2) is 7.48. The van der Waals surface area contributed by atoms with Crippen molar-refractivity contribution in [3.05, 3.63) is 40.8 Å². The zero-order chi connectivity index (χ0) is 22.7. The molecule has 1 saturated heterocycles. The third-order valence-corrected chi connectivity index (χ3v) is 6.99. The SMILES string of the molecule is CC(C)Oc1cc2nc(C34CCC(C)(C3)OC4)cn2cc1C(=O)Nc1nc(C(F)F)cs1. The van der Waals surface area contributed by atoms with Gasteiger partial charge in [0.25, 0.3) is 12.3 Å². The molecule has 1 amide bonds. The Labute approximate surface area is 187 Å². The number of halogens is 2. The first kappa shape index (κ1) is 21.3. The van der Waals surface area contributed by atoms with Gasteiger partial charge in [-0.1, -0.05) is 0 Å². The lowest BCUT2D eigenvalue weighted by Gasteiger charge is -2.24. The molecule has 2 aliphatic rings. The molecule has 10 heteroatoms. The third kappa shape index (κ3) is 3.65. The number of imidazole rings is 1. The zero-order valence-electron chi connectivity index (χ0n) is 18.0. The third-order valence-electron chi connectivity index (χ3n) is 6.21. The van der Waals surface area contributed by atoms with Crippen LogP contribution in [0.5, 0.6) is 5.75 Å². The van der Waals surface area contributed by atoms with E-state index >= 15 is 0 Å². The van der Waals surface area contributed by atoms with Crippen molar-refractivity contribution in [2.45, 2.75) is 63.6 Å². The number of thiazole rings is 1. The number of fused-ring (bicyclic) bond motifs is 3. The van der Waals surface area contributed by atoms with Gasteiger partial charge in [0.05, 0.1) is 29.6 Å². The van der Waals surface area contributed by atoms with Gasteiger partial charge in [-0.3, -0.25) is 10.1 Å². The van der Waals surface area contributed by atoms with Gasteiger partial charge in [0, 0.05) is 29.3 Å². The maximum atomic E-state index is 13.0. The summed E-state index contributed by atoms with van der Waals surface area (Å²) in [4.78, 5) is 21.6. The van der Waals surface area contributed by atoms with Crippen molar-refractivity contribution in [1.29, 1.82) is 0 Å². The quantitative estimate of drug-likeness (QED) is 0.559. The molecule has 4 heterocycles. The van der Waals surface area contributed by atoms with Crippen LogP contribution >= 0.6 is 11.3 Å². The van der Waals surface area contributed by atoms with Crippen LogP contribution in [0.25, 0.3) is 5.65 Å². The van der Waals surface area contributed by atoms with Gasteiger partial charge in [0.2, 0.25) is 0 Å². The summed E-state index contributed by atoms with van der Waals surface area (Å²) in [5, 5.41) is 3.95. The van der Waals surface area contributed by atoms with Crippen LogP contribution in [0.2, 0.25) is 0 Å². The van der Waals surface area contributed by atoms with E-state index in [9.17, 15) is 13.6 Å². The van der Waals surface area contributed by atoms with E-state index in [-0.39, 0.29) is 33.5 Å². The monoisotopic (exact) mass is 462 g/mol.